The molecule has 6 rings (SSSR count). The van der Waals surface area contributed by atoms with Crippen LogP contribution in [0.2, 0.25) is 0 Å². The van der Waals surface area contributed by atoms with Gasteiger partial charge in [-0.3, -0.25) is 15.1 Å². The highest BCUT2D eigenvalue weighted by molar-refractivity contribution is 5.90. The molecule has 2 aromatic heterocycles. The topological polar surface area (TPSA) is 150 Å². The highest BCUT2D eigenvalue weighted by Gasteiger charge is 2.37. The van der Waals surface area contributed by atoms with Crippen LogP contribution in [-0.4, -0.2) is 77.5 Å². The van der Waals surface area contributed by atoms with Gasteiger partial charge < -0.3 is 30.2 Å². The fourth-order valence-electron chi connectivity index (χ4n) is 5.30. The van der Waals surface area contributed by atoms with Crippen molar-refractivity contribution in [1.82, 2.24) is 30.8 Å². The van der Waals surface area contributed by atoms with Crippen molar-refractivity contribution >= 4 is 24.1 Å². The summed E-state index contributed by atoms with van der Waals surface area (Å²) in [6, 6.07) is 5.52. The number of rotatable bonds is 8. The standard InChI is InChI=1S/C26H33N9O4/c1-35-23-22(25(34-35)38-14-17-6-8-37-13-17)29-15-30-24(23)31-21-10-20(32-33-21)18-4-5-19(9-18)39-26(36)28-12-16-3-2-7-27-11-16/h2-3,7,10-11,15,17-19,22H,4-6,8-9,12-14H2,1H3,(H,28,36)(H,29,30)(H2,31,32,33). The number of ether oxygens (including phenoxy) is 3. The molecule has 1 saturated carbocycles. The second-order valence-corrected chi connectivity index (χ2v) is 10.2. The van der Waals surface area contributed by atoms with Crippen LogP contribution in [0.1, 0.15) is 42.9 Å². The van der Waals surface area contributed by atoms with E-state index in [1.54, 1.807) is 23.7 Å². The maximum atomic E-state index is 12.3. The van der Waals surface area contributed by atoms with E-state index in [2.05, 4.69) is 41.2 Å². The third kappa shape index (κ3) is 5.82. The van der Waals surface area contributed by atoms with Gasteiger partial charge in [0.25, 0.3) is 0 Å². The van der Waals surface area contributed by atoms with E-state index in [4.69, 9.17) is 14.2 Å². The Morgan fingerprint density at radius 3 is 3.10 bits per heavy atom. The summed E-state index contributed by atoms with van der Waals surface area (Å²) in [7, 11) is 1.88. The molecule has 0 radical (unpaired) electrons. The summed E-state index contributed by atoms with van der Waals surface area (Å²) in [6.45, 7) is 2.49. The normalized spacial score (nSPS) is 25.8. The molecule has 5 heterocycles. The molecular formula is C26H33N9O4. The number of fused-ring (bicyclic) bond motifs is 1. The van der Waals surface area contributed by atoms with Crippen molar-refractivity contribution in [3.05, 3.63) is 53.4 Å². The van der Waals surface area contributed by atoms with E-state index in [1.165, 1.54) is 0 Å². The van der Waals surface area contributed by atoms with E-state index in [9.17, 15) is 4.79 Å². The van der Waals surface area contributed by atoms with E-state index in [0.29, 0.717) is 36.6 Å². The van der Waals surface area contributed by atoms with Crippen molar-refractivity contribution in [3.8, 4) is 0 Å². The van der Waals surface area contributed by atoms with Crippen LogP contribution in [-0.2, 0) is 20.8 Å². The molecule has 4 N–H and O–H groups in total. The summed E-state index contributed by atoms with van der Waals surface area (Å²) in [5.41, 5.74) is 2.79. The van der Waals surface area contributed by atoms with Gasteiger partial charge in [0, 0.05) is 56.2 Å². The molecule has 1 aliphatic carbocycles. The van der Waals surface area contributed by atoms with Crippen molar-refractivity contribution in [1.29, 1.82) is 0 Å². The number of hydrogen-bond donors (Lipinski definition) is 4. The Balaban J connectivity index is 1.02. The number of anilines is 1. The van der Waals surface area contributed by atoms with Gasteiger partial charge in [-0.1, -0.05) is 6.07 Å². The average Bonchev–Trinajstić information content (AvgIpc) is 3.76. The second kappa shape index (κ2) is 11.3. The molecule has 13 heteroatoms. The van der Waals surface area contributed by atoms with Gasteiger partial charge in [-0.25, -0.2) is 9.79 Å². The maximum Gasteiger partial charge on any atom is 0.407 e. The minimum Gasteiger partial charge on any atom is -0.478 e. The monoisotopic (exact) mass is 535 g/mol. The summed E-state index contributed by atoms with van der Waals surface area (Å²) in [5, 5.41) is 23.3. The molecule has 206 valence electrons. The lowest BCUT2D eigenvalue weighted by Gasteiger charge is -2.23. The largest absolute Gasteiger partial charge is 0.478 e. The number of hydrogen-bond acceptors (Lipinski definition) is 11. The van der Waals surface area contributed by atoms with Crippen LogP contribution in [0.4, 0.5) is 10.6 Å². The number of likely N-dealkylation sites (N-methyl/N-ethyl adjacent to an activating group) is 1. The zero-order valence-corrected chi connectivity index (χ0v) is 21.8. The van der Waals surface area contributed by atoms with Crippen LogP contribution >= 0.6 is 0 Å². The lowest BCUT2D eigenvalue weighted by molar-refractivity contribution is 0.0996. The minimum atomic E-state index is -0.411. The first-order valence-corrected chi connectivity index (χ1v) is 13.3. The minimum absolute atomic E-state index is 0.137. The Kier molecular flexibility index (Phi) is 7.30. The van der Waals surface area contributed by atoms with Gasteiger partial charge in [0.1, 0.15) is 11.8 Å². The Labute approximate surface area is 226 Å². The van der Waals surface area contributed by atoms with E-state index >= 15 is 0 Å². The summed E-state index contributed by atoms with van der Waals surface area (Å²) in [6.07, 6.45) is 7.98. The molecule has 2 aromatic rings. The first-order chi connectivity index (χ1) is 19.1. The van der Waals surface area contributed by atoms with Gasteiger partial charge in [-0.2, -0.15) is 5.10 Å². The molecule has 4 atom stereocenters. The molecule has 1 saturated heterocycles. The first-order valence-electron chi connectivity index (χ1n) is 13.3. The van der Waals surface area contributed by atoms with E-state index in [1.807, 2.05) is 25.2 Å². The number of nitrogens with one attached hydrogen (secondary N) is 4. The Hall–Kier alpha value is -4.13. The zero-order chi connectivity index (χ0) is 26.6. The molecule has 0 spiro atoms. The highest BCUT2D eigenvalue weighted by atomic mass is 16.6. The van der Waals surface area contributed by atoms with E-state index in [0.717, 1.165) is 55.9 Å². The van der Waals surface area contributed by atoms with Gasteiger partial charge in [-0.05, 0) is 37.3 Å². The van der Waals surface area contributed by atoms with Gasteiger partial charge in [-0.15, -0.1) is 5.10 Å². The molecule has 0 aromatic carbocycles. The van der Waals surface area contributed by atoms with Crippen LogP contribution in [0.3, 0.4) is 0 Å². The van der Waals surface area contributed by atoms with Crippen molar-refractivity contribution < 1.29 is 19.0 Å². The van der Waals surface area contributed by atoms with Crippen LogP contribution in [0.25, 0.3) is 0 Å². The van der Waals surface area contributed by atoms with Crippen molar-refractivity contribution in [2.45, 2.75) is 50.3 Å². The summed E-state index contributed by atoms with van der Waals surface area (Å²) >= 11 is 0. The number of carbonyl (C=O) groups is 1. The number of nitrogens with zero attached hydrogens (tertiary/aromatic N) is 5. The van der Waals surface area contributed by atoms with Crippen LogP contribution < -0.4 is 16.0 Å². The van der Waals surface area contributed by atoms with Gasteiger partial charge in [0.2, 0.25) is 5.90 Å². The Morgan fingerprint density at radius 2 is 2.26 bits per heavy atom. The second-order valence-electron chi connectivity index (χ2n) is 10.2. The molecule has 13 nitrogen and oxygen atoms in total. The summed E-state index contributed by atoms with van der Waals surface area (Å²) in [4.78, 5) is 20.8. The number of amides is 1. The fraction of sp³-hybridized carbons (Fsp3) is 0.500. The number of aromatic amines is 1. The molecule has 39 heavy (non-hydrogen) atoms. The number of hydrazone groups is 1. The summed E-state index contributed by atoms with van der Waals surface area (Å²) in [5.74, 6) is 2.56. The third-order valence-corrected chi connectivity index (χ3v) is 7.39. The van der Waals surface area contributed by atoms with Crippen LogP contribution in [0.5, 0.6) is 0 Å². The molecule has 1 amide bonds. The number of H-pyrrole nitrogens is 1. The highest BCUT2D eigenvalue weighted by Crippen LogP contribution is 2.36. The zero-order valence-electron chi connectivity index (χ0n) is 21.8. The van der Waals surface area contributed by atoms with Crippen molar-refractivity contribution in [2.24, 2.45) is 16.0 Å². The summed E-state index contributed by atoms with van der Waals surface area (Å²) < 4.78 is 17.1. The molecular weight excluding hydrogens is 502 g/mol. The molecule has 3 aliphatic heterocycles. The smallest absolute Gasteiger partial charge is 0.407 e. The van der Waals surface area contributed by atoms with Gasteiger partial charge in [0.05, 0.1) is 19.6 Å². The number of pyridine rings is 1. The Morgan fingerprint density at radius 1 is 1.31 bits per heavy atom. The Bertz CT molecular complexity index is 1260. The lowest BCUT2D eigenvalue weighted by Crippen LogP contribution is -2.41. The third-order valence-electron chi connectivity index (χ3n) is 7.39. The number of aromatic nitrogens is 3. The number of carbonyl (C=O) groups excluding carboxylic acids is 1. The maximum absolute atomic E-state index is 12.3. The SMILES string of the molecule is CN1N=C(OCC2CCOC2)C2NC=NC(Nc3cc(C4CCC(OC(=O)NCc5cccnc5)C4)[nH]n3)=C21. The predicted molar refractivity (Wildman–Crippen MR) is 143 cm³/mol. The number of aliphatic imine (C=N–C) groups is 1. The van der Waals surface area contributed by atoms with Crippen LogP contribution in [0.15, 0.2) is 52.2 Å². The molecule has 2 fully saturated rings. The lowest BCUT2D eigenvalue weighted by atomic mass is 10.0. The fourth-order valence-corrected chi connectivity index (χ4v) is 5.30. The first kappa shape index (κ1) is 25.2. The van der Waals surface area contributed by atoms with Crippen molar-refractivity contribution in [3.63, 3.8) is 0 Å². The predicted octanol–water partition coefficient (Wildman–Crippen LogP) is 2.26. The van der Waals surface area contributed by atoms with E-state index < -0.39 is 6.09 Å². The van der Waals surface area contributed by atoms with E-state index in [-0.39, 0.29) is 18.1 Å². The molecule has 4 aliphatic rings. The number of alkyl carbamates (subject to hydrolysis) is 1. The van der Waals surface area contributed by atoms with Crippen LogP contribution in [0, 0.1) is 5.92 Å². The quantitative estimate of drug-likeness (QED) is 0.399. The molecule has 0 bridgehead atoms. The van der Waals surface area contributed by atoms with Crippen molar-refractivity contribution in [2.75, 3.05) is 32.2 Å². The average molecular weight is 536 g/mol. The van der Waals surface area contributed by atoms with Gasteiger partial charge >= 0.3 is 6.09 Å². The van der Waals surface area contributed by atoms with Gasteiger partial charge in [0.15, 0.2) is 17.7 Å². The molecule has 4 unspecified atom stereocenters.